The summed E-state index contributed by atoms with van der Waals surface area (Å²) in [6.45, 7) is 4.31. The standard InChI is InChI=1S/C53H35N4O.Pd/c1-36-31-40(33-42(32-36)58-41-27-28-47-46-21-10-11-24-48(46)57(50(47)34-41)51-25-12-13-30-54-51)55-35-56(53-45-20-9-8-19-39(45)26-29-49(53)55)52-43(37-15-4-2-5-16-37)22-14-23-44(52)38-17-6-3-7-18-38;/h2-32,35H,1H3;/q-3;. The maximum atomic E-state index is 6.68. The summed E-state index contributed by atoms with van der Waals surface area (Å²) in [4.78, 5) is 9.31. The van der Waals surface area contributed by atoms with E-state index in [0.29, 0.717) is 11.5 Å². The number of anilines is 4. The van der Waals surface area contributed by atoms with Crippen LogP contribution in [0.2, 0.25) is 0 Å². The Morgan fingerprint density at radius 2 is 1.24 bits per heavy atom. The van der Waals surface area contributed by atoms with Gasteiger partial charge in [0.2, 0.25) is 0 Å². The molecule has 0 N–H and O–H groups in total. The average molecular weight is 850 g/mol. The first kappa shape index (κ1) is 36.4. The number of hydrogen-bond acceptors (Lipinski definition) is 4. The molecule has 0 spiro atoms. The average Bonchev–Trinajstić information content (AvgIpc) is 3.83. The van der Waals surface area contributed by atoms with Crippen molar-refractivity contribution in [1.29, 1.82) is 0 Å². The third kappa shape index (κ3) is 6.35. The number of aromatic nitrogens is 2. The fourth-order valence-electron chi connectivity index (χ4n) is 8.42. The van der Waals surface area contributed by atoms with Crippen molar-refractivity contribution in [1.82, 2.24) is 9.55 Å². The van der Waals surface area contributed by atoms with Crippen LogP contribution in [0.15, 0.2) is 188 Å². The van der Waals surface area contributed by atoms with Crippen LogP contribution in [0, 0.1) is 25.7 Å². The first-order valence-corrected chi connectivity index (χ1v) is 19.5. The third-order valence-corrected chi connectivity index (χ3v) is 10.9. The van der Waals surface area contributed by atoms with Crippen molar-refractivity contribution < 1.29 is 25.2 Å². The molecule has 5 nitrogen and oxygen atoms in total. The maximum absolute atomic E-state index is 6.68. The zero-order valence-corrected chi connectivity index (χ0v) is 33.5. The molecule has 1 aliphatic heterocycles. The van der Waals surface area contributed by atoms with Crippen LogP contribution in [0.5, 0.6) is 11.5 Å². The van der Waals surface area contributed by atoms with Crippen LogP contribution < -0.4 is 14.5 Å². The van der Waals surface area contributed by atoms with Crippen molar-refractivity contribution in [3.63, 3.8) is 0 Å². The zero-order chi connectivity index (χ0) is 38.6. The minimum Gasteiger partial charge on any atom is -0.509 e. The molecule has 59 heavy (non-hydrogen) atoms. The van der Waals surface area contributed by atoms with Gasteiger partial charge in [0.25, 0.3) is 0 Å². The third-order valence-electron chi connectivity index (χ3n) is 10.9. The summed E-state index contributed by atoms with van der Waals surface area (Å²) in [5.74, 6) is 2.04. The van der Waals surface area contributed by atoms with E-state index in [1.54, 1.807) is 0 Å². The Morgan fingerprint density at radius 3 is 1.98 bits per heavy atom. The Kier molecular flexibility index (Phi) is 9.30. The predicted molar refractivity (Wildman–Crippen MR) is 237 cm³/mol. The monoisotopic (exact) mass is 849 g/mol. The number of fused-ring (bicyclic) bond motifs is 6. The minimum absolute atomic E-state index is 0. The number of benzene rings is 8. The normalized spacial score (nSPS) is 12.2. The molecule has 11 rings (SSSR count). The van der Waals surface area contributed by atoms with Crippen LogP contribution in [-0.4, -0.2) is 9.55 Å². The van der Waals surface area contributed by atoms with Crippen molar-refractivity contribution in [2.24, 2.45) is 0 Å². The number of para-hydroxylation sites is 2. The van der Waals surface area contributed by atoms with Gasteiger partial charge in [0.05, 0.1) is 0 Å². The molecule has 286 valence electrons. The van der Waals surface area contributed by atoms with Gasteiger partial charge in [-0.2, -0.15) is 11.6 Å². The quantitative estimate of drug-likeness (QED) is 0.118. The van der Waals surface area contributed by atoms with Gasteiger partial charge in [0.1, 0.15) is 5.82 Å². The van der Waals surface area contributed by atoms with E-state index in [1.807, 2.05) is 36.5 Å². The summed E-state index contributed by atoms with van der Waals surface area (Å²) in [7, 11) is 0. The molecule has 0 unspecified atom stereocenters. The molecule has 3 heterocycles. The molecule has 0 radical (unpaired) electrons. The topological polar surface area (TPSA) is 33.5 Å². The van der Waals surface area contributed by atoms with Crippen LogP contribution in [0.3, 0.4) is 0 Å². The molecule has 0 saturated heterocycles. The maximum Gasteiger partial charge on any atom is 0.135 e. The molecular formula is C53H35N4OPd-3. The van der Waals surface area contributed by atoms with Crippen LogP contribution in [0.1, 0.15) is 5.56 Å². The molecule has 0 amide bonds. The summed E-state index contributed by atoms with van der Waals surface area (Å²) in [6.07, 6.45) is 1.82. The zero-order valence-electron chi connectivity index (χ0n) is 32.0. The van der Waals surface area contributed by atoms with E-state index in [-0.39, 0.29) is 20.4 Å². The van der Waals surface area contributed by atoms with Crippen molar-refractivity contribution >= 4 is 55.3 Å². The summed E-state index contributed by atoms with van der Waals surface area (Å²) in [6, 6.07) is 70.9. The van der Waals surface area contributed by atoms with Crippen LogP contribution in [0.4, 0.5) is 22.7 Å². The second-order valence-corrected chi connectivity index (χ2v) is 14.6. The van der Waals surface area contributed by atoms with E-state index < -0.39 is 0 Å². The van der Waals surface area contributed by atoms with Gasteiger partial charge >= 0.3 is 0 Å². The van der Waals surface area contributed by atoms with Crippen molar-refractivity contribution in [3.8, 4) is 39.6 Å². The Morgan fingerprint density at radius 1 is 0.542 bits per heavy atom. The van der Waals surface area contributed by atoms with Gasteiger partial charge in [-0.25, -0.2) is 4.98 Å². The smallest absolute Gasteiger partial charge is 0.135 e. The largest absolute Gasteiger partial charge is 0.509 e. The Bertz CT molecular complexity index is 3090. The molecule has 8 aromatic carbocycles. The van der Waals surface area contributed by atoms with Gasteiger partial charge in [-0.05, 0) is 46.2 Å². The van der Waals surface area contributed by atoms with Gasteiger partial charge < -0.3 is 19.1 Å². The molecule has 6 heteroatoms. The van der Waals surface area contributed by atoms with E-state index in [4.69, 9.17) is 9.72 Å². The van der Waals surface area contributed by atoms with Gasteiger partial charge in [0.15, 0.2) is 0 Å². The number of ether oxygens (including phenoxy) is 1. The van der Waals surface area contributed by atoms with Crippen LogP contribution in [0.25, 0.3) is 60.6 Å². The van der Waals surface area contributed by atoms with Gasteiger partial charge in [-0.1, -0.05) is 146 Å². The first-order valence-electron chi connectivity index (χ1n) is 19.5. The Labute approximate surface area is 357 Å². The van der Waals surface area contributed by atoms with E-state index in [2.05, 4.69) is 192 Å². The van der Waals surface area contributed by atoms with E-state index in [0.717, 1.165) is 83.6 Å². The Balaban J connectivity index is 0.00000420. The molecule has 0 atom stereocenters. The number of pyridine rings is 1. The second kappa shape index (κ2) is 15.1. The first-order chi connectivity index (χ1) is 28.7. The van der Waals surface area contributed by atoms with Crippen molar-refractivity contribution in [2.75, 3.05) is 9.80 Å². The van der Waals surface area contributed by atoms with Crippen LogP contribution >= 0.6 is 0 Å². The molecule has 0 aliphatic carbocycles. The van der Waals surface area contributed by atoms with Crippen molar-refractivity contribution in [3.05, 3.63) is 213 Å². The van der Waals surface area contributed by atoms with E-state index >= 15 is 0 Å². The summed E-state index contributed by atoms with van der Waals surface area (Å²) in [5.41, 5.74) is 11.8. The van der Waals surface area contributed by atoms with Gasteiger partial charge in [0, 0.05) is 77.2 Å². The molecule has 10 aromatic rings. The number of rotatable bonds is 7. The fourth-order valence-corrected chi connectivity index (χ4v) is 8.42. The second-order valence-electron chi connectivity index (χ2n) is 14.6. The number of aryl methyl sites for hydroxylation is 1. The molecule has 0 fully saturated rings. The fraction of sp³-hybridized carbons (Fsp3) is 0.0189. The van der Waals surface area contributed by atoms with Crippen molar-refractivity contribution in [2.45, 2.75) is 6.92 Å². The number of hydrogen-bond donors (Lipinski definition) is 0. The number of nitrogens with zero attached hydrogens (tertiary/aromatic N) is 4. The van der Waals surface area contributed by atoms with Crippen LogP contribution in [-0.2, 0) is 20.4 Å². The molecule has 0 saturated carbocycles. The SMILES string of the molecule is Cc1cc(Oc2[c-]c3c(cc2)c2ccccc2n3-c2ccccn2)[c-]c(N2[CH-]N(c3c(-c4ccccc4)cccc3-c3ccccc3)c3c2ccc2ccccc32)c1.[Pd]. The van der Waals surface area contributed by atoms with E-state index in [1.165, 1.54) is 5.39 Å². The Hall–Kier alpha value is -6.97. The van der Waals surface area contributed by atoms with Gasteiger partial charge in [-0.15, -0.1) is 48.1 Å². The summed E-state index contributed by atoms with van der Waals surface area (Å²) < 4.78 is 8.83. The van der Waals surface area contributed by atoms with Gasteiger partial charge in [-0.3, -0.25) is 0 Å². The molecule has 0 bridgehead atoms. The minimum atomic E-state index is 0. The molecule has 2 aromatic heterocycles. The molecule has 1 aliphatic rings. The van der Waals surface area contributed by atoms with E-state index in [9.17, 15) is 0 Å². The summed E-state index contributed by atoms with van der Waals surface area (Å²) in [5, 5.41) is 4.56. The summed E-state index contributed by atoms with van der Waals surface area (Å²) >= 11 is 0. The predicted octanol–water partition coefficient (Wildman–Crippen LogP) is 13.8. The molecular weight excluding hydrogens is 815 g/mol.